The summed E-state index contributed by atoms with van der Waals surface area (Å²) in [6.07, 6.45) is 1.17. The second-order valence-electron chi connectivity index (χ2n) is 4.43. The maximum Gasteiger partial charge on any atom is 0.269 e. The van der Waals surface area contributed by atoms with Gasteiger partial charge in [0.25, 0.3) is 5.69 Å². The number of non-ortho nitro benzene ring substituents is 1. The van der Waals surface area contributed by atoms with E-state index in [2.05, 4.69) is 12.2 Å². The Morgan fingerprint density at radius 1 is 1.38 bits per heavy atom. The predicted molar refractivity (Wildman–Crippen MR) is 62.5 cm³/mol. The summed E-state index contributed by atoms with van der Waals surface area (Å²) in [7, 11) is 0. The fraction of sp³-hybridized carbons (Fsp3) is 0.500. The molecule has 0 aliphatic carbocycles. The molecular formula is C12H16N2O2. The lowest BCUT2D eigenvalue weighted by Gasteiger charge is -2.29. The van der Waals surface area contributed by atoms with Crippen LogP contribution in [-0.2, 0) is 0 Å². The topological polar surface area (TPSA) is 55.2 Å². The van der Waals surface area contributed by atoms with Crippen LogP contribution in [0.1, 0.15) is 24.8 Å². The normalized spacial score (nSPS) is 25.3. The van der Waals surface area contributed by atoms with Gasteiger partial charge in [-0.15, -0.1) is 0 Å². The zero-order chi connectivity index (χ0) is 11.5. The lowest BCUT2D eigenvalue weighted by Crippen LogP contribution is -2.33. The van der Waals surface area contributed by atoms with Gasteiger partial charge in [-0.2, -0.15) is 0 Å². The van der Waals surface area contributed by atoms with Crippen LogP contribution in [-0.4, -0.2) is 18.0 Å². The van der Waals surface area contributed by atoms with E-state index in [9.17, 15) is 10.1 Å². The van der Waals surface area contributed by atoms with Crippen molar-refractivity contribution in [2.75, 3.05) is 13.1 Å². The lowest BCUT2D eigenvalue weighted by molar-refractivity contribution is -0.384. The summed E-state index contributed by atoms with van der Waals surface area (Å²) in [4.78, 5) is 10.2. The van der Waals surface area contributed by atoms with Gasteiger partial charge >= 0.3 is 0 Å². The molecule has 0 radical (unpaired) electrons. The molecule has 16 heavy (non-hydrogen) atoms. The van der Waals surface area contributed by atoms with Crippen molar-refractivity contribution >= 4 is 5.69 Å². The minimum absolute atomic E-state index is 0.167. The first-order valence-corrected chi connectivity index (χ1v) is 5.63. The Bertz CT molecular complexity index is 375. The molecule has 0 saturated carbocycles. The molecule has 1 fully saturated rings. The Hall–Kier alpha value is -1.42. The molecule has 2 unspecified atom stereocenters. The second-order valence-corrected chi connectivity index (χ2v) is 4.43. The summed E-state index contributed by atoms with van der Waals surface area (Å²) in [5.41, 5.74) is 1.37. The van der Waals surface area contributed by atoms with E-state index >= 15 is 0 Å². The molecule has 2 rings (SSSR count). The van der Waals surface area contributed by atoms with Gasteiger partial charge in [-0.3, -0.25) is 10.1 Å². The van der Waals surface area contributed by atoms with Crippen LogP contribution < -0.4 is 5.32 Å². The number of hydrogen-bond donors (Lipinski definition) is 1. The highest BCUT2D eigenvalue weighted by molar-refractivity contribution is 5.34. The predicted octanol–water partition coefficient (Wildman–Crippen LogP) is 2.31. The smallest absolute Gasteiger partial charge is 0.269 e. The second kappa shape index (κ2) is 4.61. The third-order valence-corrected chi connectivity index (χ3v) is 3.36. The van der Waals surface area contributed by atoms with Gasteiger partial charge in [-0.05, 0) is 30.4 Å². The summed E-state index contributed by atoms with van der Waals surface area (Å²) in [6, 6.07) is 6.95. The minimum Gasteiger partial charge on any atom is -0.316 e. The van der Waals surface area contributed by atoms with Crippen LogP contribution in [0.3, 0.4) is 0 Å². The molecule has 1 heterocycles. The average molecular weight is 220 g/mol. The highest BCUT2D eigenvalue weighted by atomic mass is 16.6. The molecule has 1 aliphatic heterocycles. The Morgan fingerprint density at radius 3 is 2.62 bits per heavy atom. The van der Waals surface area contributed by atoms with Crippen molar-refractivity contribution in [3.8, 4) is 0 Å². The van der Waals surface area contributed by atoms with Gasteiger partial charge < -0.3 is 5.32 Å². The number of hydrogen-bond acceptors (Lipinski definition) is 3. The largest absolute Gasteiger partial charge is 0.316 e. The number of nitro groups is 1. The van der Waals surface area contributed by atoms with E-state index in [1.807, 2.05) is 12.1 Å². The highest BCUT2D eigenvalue weighted by Crippen LogP contribution is 2.29. The van der Waals surface area contributed by atoms with Gasteiger partial charge in [0.05, 0.1) is 4.92 Å². The molecule has 4 heteroatoms. The summed E-state index contributed by atoms with van der Waals surface area (Å²) in [5, 5.41) is 13.9. The molecule has 0 aromatic heterocycles. The number of nitrogens with one attached hydrogen (secondary N) is 1. The van der Waals surface area contributed by atoms with E-state index in [1.165, 1.54) is 12.0 Å². The summed E-state index contributed by atoms with van der Waals surface area (Å²) < 4.78 is 0. The van der Waals surface area contributed by atoms with E-state index < -0.39 is 0 Å². The van der Waals surface area contributed by atoms with E-state index in [4.69, 9.17) is 0 Å². The first-order valence-electron chi connectivity index (χ1n) is 5.63. The molecule has 0 bridgehead atoms. The van der Waals surface area contributed by atoms with Crippen LogP contribution in [0.2, 0.25) is 0 Å². The SMILES string of the molecule is CC1CCNCC1c1ccc([N+](=O)[O-])cc1. The zero-order valence-corrected chi connectivity index (χ0v) is 9.35. The minimum atomic E-state index is -0.355. The Kier molecular flexibility index (Phi) is 3.19. The standard InChI is InChI=1S/C12H16N2O2/c1-9-6-7-13-8-12(9)10-2-4-11(5-3-10)14(15)16/h2-5,9,12-13H,6-8H2,1H3. The number of nitro benzene ring substituents is 1. The maximum atomic E-state index is 10.5. The van der Waals surface area contributed by atoms with E-state index in [-0.39, 0.29) is 10.6 Å². The number of rotatable bonds is 2. The van der Waals surface area contributed by atoms with Gasteiger partial charge in [-0.1, -0.05) is 19.1 Å². The fourth-order valence-electron chi connectivity index (χ4n) is 2.28. The molecule has 4 nitrogen and oxygen atoms in total. The molecule has 86 valence electrons. The van der Waals surface area contributed by atoms with Gasteiger partial charge in [0.15, 0.2) is 0 Å². The van der Waals surface area contributed by atoms with Crippen molar-refractivity contribution in [3.05, 3.63) is 39.9 Å². The molecule has 1 aromatic rings. The monoisotopic (exact) mass is 220 g/mol. The number of benzene rings is 1. The molecule has 1 N–H and O–H groups in total. The first-order chi connectivity index (χ1) is 7.68. The van der Waals surface area contributed by atoms with E-state index in [1.54, 1.807) is 12.1 Å². The van der Waals surface area contributed by atoms with Gasteiger partial charge in [0.2, 0.25) is 0 Å². The third kappa shape index (κ3) is 2.22. The Balaban J connectivity index is 2.17. The quantitative estimate of drug-likeness (QED) is 0.614. The van der Waals surface area contributed by atoms with Crippen molar-refractivity contribution < 1.29 is 4.92 Å². The van der Waals surface area contributed by atoms with Crippen molar-refractivity contribution in [1.29, 1.82) is 0 Å². The molecule has 1 aromatic carbocycles. The number of piperidine rings is 1. The summed E-state index contributed by atoms with van der Waals surface area (Å²) >= 11 is 0. The van der Waals surface area contributed by atoms with Gasteiger partial charge in [-0.25, -0.2) is 0 Å². The molecular weight excluding hydrogens is 204 g/mol. The van der Waals surface area contributed by atoms with Crippen LogP contribution in [0, 0.1) is 16.0 Å². The third-order valence-electron chi connectivity index (χ3n) is 3.36. The molecule has 2 atom stereocenters. The van der Waals surface area contributed by atoms with Crippen molar-refractivity contribution in [1.82, 2.24) is 5.32 Å². The Morgan fingerprint density at radius 2 is 2.06 bits per heavy atom. The van der Waals surface area contributed by atoms with Crippen molar-refractivity contribution in [2.24, 2.45) is 5.92 Å². The van der Waals surface area contributed by atoms with Crippen LogP contribution >= 0.6 is 0 Å². The zero-order valence-electron chi connectivity index (χ0n) is 9.35. The molecule has 1 saturated heterocycles. The highest BCUT2D eigenvalue weighted by Gasteiger charge is 2.22. The van der Waals surface area contributed by atoms with Crippen LogP contribution in [0.4, 0.5) is 5.69 Å². The molecule has 0 amide bonds. The maximum absolute atomic E-state index is 10.5. The van der Waals surface area contributed by atoms with Gasteiger partial charge in [0, 0.05) is 18.7 Å². The van der Waals surface area contributed by atoms with E-state index in [0.29, 0.717) is 11.8 Å². The lowest BCUT2D eigenvalue weighted by atomic mass is 9.83. The van der Waals surface area contributed by atoms with Crippen LogP contribution in [0.25, 0.3) is 0 Å². The molecule has 1 aliphatic rings. The van der Waals surface area contributed by atoms with Crippen molar-refractivity contribution in [3.63, 3.8) is 0 Å². The van der Waals surface area contributed by atoms with E-state index in [0.717, 1.165) is 13.1 Å². The van der Waals surface area contributed by atoms with Gasteiger partial charge in [0.1, 0.15) is 0 Å². The average Bonchev–Trinajstić information content (AvgIpc) is 2.30. The molecule has 0 spiro atoms. The fourth-order valence-corrected chi connectivity index (χ4v) is 2.28. The summed E-state index contributed by atoms with van der Waals surface area (Å²) in [5.74, 6) is 1.12. The first kappa shape index (κ1) is 11.1. The summed E-state index contributed by atoms with van der Waals surface area (Å²) in [6.45, 7) is 4.29. The number of nitrogens with zero attached hydrogens (tertiary/aromatic N) is 1. The van der Waals surface area contributed by atoms with Crippen molar-refractivity contribution in [2.45, 2.75) is 19.3 Å². The van der Waals surface area contributed by atoms with Crippen LogP contribution in [0.5, 0.6) is 0 Å². The Labute approximate surface area is 94.8 Å². The van der Waals surface area contributed by atoms with Crippen LogP contribution in [0.15, 0.2) is 24.3 Å².